The van der Waals surface area contributed by atoms with Gasteiger partial charge in [0.05, 0.1) is 5.41 Å². The Morgan fingerprint density at radius 1 is 1.32 bits per heavy atom. The van der Waals surface area contributed by atoms with Gasteiger partial charge in [0.1, 0.15) is 0 Å². The van der Waals surface area contributed by atoms with E-state index in [0.717, 1.165) is 25.9 Å². The van der Waals surface area contributed by atoms with E-state index >= 15 is 0 Å². The van der Waals surface area contributed by atoms with E-state index in [1.54, 1.807) is 27.7 Å². The first-order valence-electron chi connectivity index (χ1n) is 6.92. The second-order valence-electron chi connectivity index (χ2n) is 6.50. The lowest BCUT2D eigenvalue weighted by atomic mass is 9.74. The van der Waals surface area contributed by atoms with Crippen LogP contribution in [0.3, 0.4) is 0 Å². The van der Waals surface area contributed by atoms with Crippen molar-refractivity contribution < 1.29 is 14.7 Å². The number of carboxylic acid groups (broad SMARTS) is 1. The molecule has 110 valence electrons. The second kappa shape index (κ2) is 5.90. The van der Waals surface area contributed by atoms with Gasteiger partial charge in [-0.25, -0.2) is 0 Å². The molecule has 1 rings (SSSR count). The number of hydrogen-bond donors (Lipinski definition) is 3. The molecule has 1 aliphatic rings. The van der Waals surface area contributed by atoms with E-state index in [-0.39, 0.29) is 5.91 Å². The lowest BCUT2D eigenvalue weighted by Crippen LogP contribution is -2.56. The summed E-state index contributed by atoms with van der Waals surface area (Å²) in [4.78, 5) is 23.2. The lowest BCUT2D eigenvalue weighted by molar-refractivity contribution is -0.151. The Morgan fingerprint density at radius 3 is 2.42 bits per heavy atom. The topological polar surface area (TPSA) is 78.4 Å². The van der Waals surface area contributed by atoms with Crippen LogP contribution in [0.5, 0.6) is 0 Å². The third-order valence-corrected chi connectivity index (χ3v) is 4.49. The van der Waals surface area contributed by atoms with Crippen LogP contribution in [0.4, 0.5) is 0 Å². The molecule has 1 fully saturated rings. The van der Waals surface area contributed by atoms with Crippen LogP contribution in [0.1, 0.15) is 47.0 Å². The standard InChI is InChI=1S/C14H26N2O3/c1-13(2,12(18)19)14(3,4)16-11(17)6-5-10-7-8-15-9-10/h10,15H,5-9H2,1-4H3,(H,16,17)(H,18,19). The predicted octanol–water partition coefficient (Wildman–Crippen LogP) is 1.38. The molecular weight excluding hydrogens is 244 g/mol. The fourth-order valence-electron chi connectivity index (χ4n) is 2.13. The highest BCUT2D eigenvalue weighted by molar-refractivity contribution is 5.80. The molecule has 0 aromatic heterocycles. The van der Waals surface area contributed by atoms with Crippen molar-refractivity contribution in [3.05, 3.63) is 0 Å². The van der Waals surface area contributed by atoms with E-state index in [0.29, 0.717) is 12.3 Å². The molecule has 3 N–H and O–H groups in total. The molecule has 1 amide bonds. The average Bonchev–Trinajstić information content (AvgIpc) is 2.78. The van der Waals surface area contributed by atoms with Gasteiger partial charge in [0.2, 0.25) is 5.91 Å². The highest BCUT2D eigenvalue weighted by Crippen LogP contribution is 2.30. The zero-order valence-electron chi connectivity index (χ0n) is 12.4. The highest BCUT2D eigenvalue weighted by atomic mass is 16.4. The van der Waals surface area contributed by atoms with Gasteiger partial charge in [-0.05, 0) is 59.5 Å². The molecule has 1 aliphatic heterocycles. The van der Waals surface area contributed by atoms with Crippen LogP contribution in [0, 0.1) is 11.3 Å². The van der Waals surface area contributed by atoms with Crippen molar-refractivity contribution in [3.8, 4) is 0 Å². The maximum absolute atomic E-state index is 12.0. The lowest BCUT2D eigenvalue weighted by Gasteiger charge is -2.38. The Hall–Kier alpha value is -1.10. The number of hydrogen-bond acceptors (Lipinski definition) is 3. The van der Waals surface area contributed by atoms with E-state index in [1.165, 1.54) is 0 Å². The minimum absolute atomic E-state index is 0.0637. The molecule has 5 nitrogen and oxygen atoms in total. The molecule has 0 aliphatic carbocycles. The second-order valence-corrected chi connectivity index (χ2v) is 6.50. The van der Waals surface area contributed by atoms with Crippen molar-refractivity contribution in [1.82, 2.24) is 10.6 Å². The van der Waals surface area contributed by atoms with Crippen LogP contribution < -0.4 is 10.6 Å². The Morgan fingerprint density at radius 2 is 1.95 bits per heavy atom. The quantitative estimate of drug-likeness (QED) is 0.681. The van der Waals surface area contributed by atoms with Crippen LogP contribution >= 0.6 is 0 Å². The van der Waals surface area contributed by atoms with Crippen LogP contribution in [-0.4, -0.2) is 35.6 Å². The summed E-state index contributed by atoms with van der Waals surface area (Å²) in [5.41, 5.74) is -1.78. The summed E-state index contributed by atoms with van der Waals surface area (Å²) in [6.45, 7) is 8.81. The molecule has 0 bridgehead atoms. The number of amides is 1. The summed E-state index contributed by atoms with van der Waals surface area (Å²) in [7, 11) is 0. The first kappa shape index (κ1) is 16.0. The minimum Gasteiger partial charge on any atom is -0.481 e. The number of carbonyl (C=O) groups excluding carboxylic acids is 1. The summed E-state index contributed by atoms with van der Waals surface area (Å²) in [5.74, 6) is -0.398. The third-order valence-electron chi connectivity index (χ3n) is 4.49. The van der Waals surface area contributed by atoms with Gasteiger partial charge in [-0.15, -0.1) is 0 Å². The van der Waals surface area contributed by atoms with Crippen molar-refractivity contribution in [1.29, 1.82) is 0 Å². The molecule has 1 unspecified atom stereocenters. The molecule has 1 atom stereocenters. The smallest absolute Gasteiger partial charge is 0.311 e. The summed E-state index contributed by atoms with van der Waals surface area (Å²) in [5, 5.41) is 15.4. The fourth-order valence-corrected chi connectivity index (χ4v) is 2.13. The summed E-state index contributed by atoms with van der Waals surface area (Å²) < 4.78 is 0. The number of carbonyl (C=O) groups is 2. The molecule has 1 saturated heterocycles. The van der Waals surface area contributed by atoms with Crippen molar-refractivity contribution in [2.45, 2.75) is 52.5 Å². The van der Waals surface area contributed by atoms with Gasteiger partial charge < -0.3 is 15.7 Å². The van der Waals surface area contributed by atoms with E-state index in [1.807, 2.05) is 0 Å². The molecule has 1 heterocycles. The Labute approximate surface area is 115 Å². The van der Waals surface area contributed by atoms with Crippen LogP contribution in [0.2, 0.25) is 0 Å². The molecule has 5 heteroatoms. The molecule has 0 spiro atoms. The van der Waals surface area contributed by atoms with Crippen molar-refractivity contribution in [2.24, 2.45) is 11.3 Å². The Balaban J connectivity index is 2.47. The maximum Gasteiger partial charge on any atom is 0.311 e. The van der Waals surface area contributed by atoms with E-state index in [9.17, 15) is 14.7 Å². The Kier molecular flexibility index (Phi) is 4.96. The molecule has 0 aromatic carbocycles. The summed E-state index contributed by atoms with van der Waals surface area (Å²) in [6.07, 6.45) is 2.45. The van der Waals surface area contributed by atoms with Crippen LogP contribution in [0.15, 0.2) is 0 Å². The number of nitrogens with one attached hydrogen (secondary N) is 2. The zero-order valence-corrected chi connectivity index (χ0v) is 12.4. The predicted molar refractivity (Wildman–Crippen MR) is 73.8 cm³/mol. The van der Waals surface area contributed by atoms with Crippen molar-refractivity contribution in [2.75, 3.05) is 13.1 Å². The molecule has 0 aromatic rings. The van der Waals surface area contributed by atoms with Crippen molar-refractivity contribution >= 4 is 11.9 Å². The molecular formula is C14H26N2O3. The normalized spacial score (nSPS) is 20.3. The van der Waals surface area contributed by atoms with Gasteiger partial charge in [0, 0.05) is 12.0 Å². The fraction of sp³-hybridized carbons (Fsp3) is 0.857. The number of carboxylic acids is 1. The van der Waals surface area contributed by atoms with Crippen LogP contribution in [0.25, 0.3) is 0 Å². The van der Waals surface area contributed by atoms with Gasteiger partial charge in [-0.1, -0.05) is 0 Å². The molecule has 0 saturated carbocycles. The third kappa shape index (κ3) is 3.93. The van der Waals surface area contributed by atoms with Gasteiger partial charge in [0.25, 0.3) is 0 Å². The largest absolute Gasteiger partial charge is 0.481 e. The van der Waals surface area contributed by atoms with Gasteiger partial charge >= 0.3 is 5.97 Å². The Bertz CT molecular complexity index is 345. The molecule has 0 radical (unpaired) electrons. The van der Waals surface area contributed by atoms with Crippen LogP contribution in [-0.2, 0) is 9.59 Å². The van der Waals surface area contributed by atoms with Gasteiger partial charge in [-0.2, -0.15) is 0 Å². The molecule has 19 heavy (non-hydrogen) atoms. The maximum atomic E-state index is 12.0. The SMILES string of the molecule is CC(C)(NC(=O)CCC1CCNC1)C(C)(C)C(=O)O. The van der Waals surface area contributed by atoms with E-state index in [4.69, 9.17) is 0 Å². The first-order chi connectivity index (χ1) is 8.67. The number of aliphatic carboxylic acids is 1. The highest BCUT2D eigenvalue weighted by Gasteiger charge is 2.44. The van der Waals surface area contributed by atoms with E-state index in [2.05, 4.69) is 10.6 Å². The minimum atomic E-state index is -1.00. The van der Waals surface area contributed by atoms with Gasteiger partial charge in [0.15, 0.2) is 0 Å². The number of rotatable bonds is 6. The average molecular weight is 270 g/mol. The van der Waals surface area contributed by atoms with Crippen molar-refractivity contribution in [3.63, 3.8) is 0 Å². The monoisotopic (exact) mass is 270 g/mol. The summed E-state index contributed by atoms with van der Waals surface area (Å²) in [6, 6.07) is 0. The summed E-state index contributed by atoms with van der Waals surface area (Å²) >= 11 is 0. The van der Waals surface area contributed by atoms with E-state index < -0.39 is 16.9 Å². The first-order valence-corrected chi connectivity index (χ1v) is 6.92. The zero-order chi connectivity index (χ0) is 14.7. The van der Waals surface area contributed by atoms with Gasteiger partial charge in [-0.3, -0.25) is 9.59 Å².